The summed E-state index contributed by atoms with van der Waals surface area (Å²) in [5.41, 5.74) is 1.83. The van der Waals surface area contributed by atoms with E-state index in [1.165, 1.54) is 12.1 Å². The highest BCUT2D eigenvalue weighted by molar-refractivity contribution is 6.05. The van der Waals surface area contributed by atoms with Crippen LogP contribution in [-0.2, 0) is 6.61 Å². The minimum Gasteiger partial charge on any atom is -0.508 e. The zero-order valence-corrected chi connectivity index (χ0v) is 14.4. The Morgan fingerprint density at radius 1 is 0.926 bits per heavy atom. The number of carbonyl (C=O) groups is 1. The average Bonchev–Trinajstić information content (AvgIpc) is 2.70. The van der Waals surface area contributed by atoms with Crippen molar-refractivity contribution in [3.63, 3.8) is 0 Å². The van der Waals surface area contributed by atoms with Gasteiger partial charge in [-0.25, -0.2) is 0 Å². The van der Waals surface area contributed by atoms with E-state index in [9.17, 15) is 15.0 Å². The first-order chi connectivity index (χ1) is 13.1. The number of carbonyl (C=O) groups excluding carboxylic acids is 1. The first-order valence-electron chi connectivity index (χ1n) is 8.61. The first-order valence-corrected chi connectivity index (χ1v) is 8.61. The molecule has 3 aromatic rings. The van der Waals surface area contributed by atoms with Gasteiger partial charge in [0.1, 0.15) is 29.4 Å². The van der Waals surface area contributed by atoms with Crippen molar-refractivity contribution >= 4 is 5.78 Å². The SMILES string of the molecule is O=C1c2c(OCc3ccccc3)cccc2O[C@H](c2ccc(O)cc2)[C@H]1O. The number of phenols is 1. The van der Waals surface area contributed by atoms with Crippen LogP contribution in [0.4, 0.5) is 0 Å². The van der Waals surface area contributed by atoms with E-state index >= 15 is 0 Å². The lowest BCUT2D eigenvalue weighted by Crippen LogP contribution is -2.36. The van der Waals surface area contributed by atoms with E-state index in [1.807, 2.05) is 30.3 Å². The van der Waals surface area contributed by atoms with Gasteiger partial charge in [0.05, 0.1) is 0 Å². The molecule has 0 saturated carbocycles. The number of aromatic hydroxyl groups is 1. The quantitative estimate of drug-likeness (QED) is 0.741. The van der Waals surface area contributed by atoms with Crippen LogP contribution in [0.5, 0.6) is 17.2 Å². The van der Waals surface area contributed by atoms with Crippen molar-refractivity contribution in [1.29, 1.82) is 0 Å². The molecule has 0 radical (unpaired) electrons. The molecule has 0 bridgehead atoms. The summed E-state index contributed by atoms with van der Waals surface area (Å²) in [5.74, 6) is 0.406. The van der Waals surface area contributed by atoms with Crippen LogP contribution < -0.4 is 9.47 Å². The second kappa shape index (κ2) is 7.13. The maximum atomic E-state index is 12.8. The first kappa shape index (κ1) is 17.1. The number of fused-ring (bicyclic) bond motifs is 1. The number of ketones is 1. The molecule has 1 aliphatic rings. The van der Waals surface area contributed by atoms with Gasteiger partial charge in [-0.3, -0.25) is 4.79 Å². The van der Waals surface area contributed by atoms with Gasteiger partial charge in [0.15, 0.2) is 12.2 Å². The van der Waals surface area contributed by atoms with Crippen molar-refractivity contribution < 1.29 is 24.5 Å². The van der Waals surface area contributed by atoms with Gasteiger partial charge in [0, 0.05) is 0 Å². The molecule has 5 nitrogen and oxygen atoms in total. The molecule has 1 heterocycles. The number of Topliss-reactive ketones (excluding diaryl/α,β-unsaturated/α-hetero) is 1. The number of ether oxygens (including phenoxy) is 2. The lowest BCUT2D eigenvalue weighted by molar-refractivity contribution is 0.0209. The third kappa shape index (κ3) is 3.37. The van der Waals surface area contributed by atoms with Crippen LogP contribution in [0.25, 0.3) is 0 Å². The smallest absolute Gasteiger partial charge is 0.202 e. The number of benzene rings is 3. The number of aliphatic hydroxyl groups excluding tert-OH is 1. The molecular formula is C22H18O5. The highest BCUT2D eigenvalue weighted by Crippen LogP contribution is 2.40. The Bertz CT molecular complexity index is 950. The summed E-state index contributed by atoms with van der Waals surface area (Å²) >= 11 is 0. The molecular weight excluding hydrogens is 344 g/mol. The fraction of sp³-hybridized carbons (Fsp3) is 0.136. The van der Waals surface area contributed by atoms with Gasteiger partial charge >= 0.3 is 0 Å². The third-order valence-corrected chi connectivity index (χ3v) is 4.50. The van der Waals surface area contributed by atoms with Gasteiger partial charge in [-0.15, -0.1) is 0 Å². The Morgan fingerprint density at radius 2 is 1.67 bits per heavy atom. The van der Waals surface area contributed by atoms with Crippen LogP contribution in [0.2, 0.25) is 0 Å². The normalized spacial score (nSPS) is 18.5. The molecule has 2 atom stereocenters. The van der Waals surface area contributed by atoms with Crippen LogP contribution in [-0.4, -0.2) is 22.1 Å². The predicted octanol–water partition coefficient (Wildman–Crippen LogP) is 3.65. The Morgan fingerprint density at radius 3 is 2.41 bits per heavy atom. The fourth-order valence-electron chi connectivity index (χ4n) is 3.11. The van der Waals surface area contributed by atoms with E-state index in [4.69, 9.17) is 9.47 Å². The molecule has 2 N–H and O–H groups in total. The molecule has 0 spiro atoms. The minimum absolute atomic E-state index is 0.104. The van der Waals surface area contributed by atoms with Crippen LogP contribution in [0, 0.1) is 0 Å². The van der Waals surface area contributed by atoms with Crippen LogP contribution in [0.3, 0.4) is 0 Å². The number of hydrogen-bond acceptors (Lipinski definition) is 5. The minimum atomic E-state index is -1.36. The Kier molecular flexibility index (Phi) is 4.52. The van der Waals surface area contributed by atoms with Crippen LogP contribution >= 0.6 is 0 Å². The Labute approximate surface area is 156 Å². The summed E-state index contributed by atoms with van der Waals surface area (Å²) in [5, 5.41) is 20.0. The van der Waals surface area contributed by atoms with Gasteiger partial charge in [0.2, 0.25) is 5.78 Å². The van der Waals surface area contributed by atoms with Crippen molar-refractivity contribution in [2.24, 2.45) is 0 Å². The highest BCUT2D eigenvalue weighted by atomic mass is 16.5. The third-order valence-electron chi connectivity index (χ3n) is 4.50. The van der Waals surface area contributed by atoms with E-state index in [-0.39, 0.29) is 11.3 Å². The molecule has 0 fully saturated rings. The van der Waals surface area contributed by atoms with Gasteiger partial charge in [-0.1, -0.05) is 48.5 Å². The molecule has 0 aromatic heterocycles. The van der Waals surface area contributed by atoms with Crippen molar-refractivity contribution in [1.82, 2.24) is 0 Å². The molecule has 0 aliphatic carbocycles. The summed E-state index contributed by atoms with van der Waals surface area (Å²) < 4.78 is 11.7. The lowest BCUT2D eigenvalue weighted by Gasteiger charge is -2.30. The fourth-order valence-corrected chi connectivity index (χ4v) is 3.11. The van der Waals surface area contributed by atoms with Crippen molar-refractivity contribution in [3.05, 3.63) is 89.5 Å². The van der Waals surface area contributed by atoms with E-state index in [0.29, 0.717) is 23.7 Å². The lowest BCUT2D eigenvalue weighted by atomic mass is 9.93. The van der Waals surface area contributed by atoms with E-state index in [1.54, 1.807) is 30.3 Å². The molecule has 0 saturated heterocycles. The molecule has 0 amide bonds. The number of rotatable bonds is 4. The second-order valence-electron chi connectivity index (χ2n) is 6.34. The number of aliphatic hydroxyl groups is 1. The average molecular weight is 362 g/mol. The monoisotopic (exact) mass is 362 g/mol. The topological polar surface area (TPSA) is 76.0 Å². The van der Waals surface area contributed by atoms with Crippen LogP contribution in [0.15, 0.2) is 72.8 Å². The number of hydrogen-bond donors (Lipinski definition) is 2. The van der Waals surface area contributed by atoms with Gasteiger partial charge in [0.25, 0.3) is 0 Å². The number of phenolic OH excluding ortho intramolecular Hbond substituents is 1. The molecule has 136 valence electrons. The predicted molar refractivity (Wildman–Crippen MR) is 99.0 cm³/mol. The summed E-state index contributed by atoms with van der Waals surface area (Å²) in [7, 11) is 0. The highest BCUT2D eigenvalue weighted by Gasteiger charge is 2.38. The zero-order valence-electron chi connectivity index (χ0n) is 14.4. The molecule has 0 unspecified atom stereocenters. The van der Waals surface area contributed by atoms with Crippen molar-refractivity contribution in [2.75, 3.05) is 0 Å². The van der Waals surface area contributed by atoms with Crippen molar-refractivity contribution in [3.8, 4) is 17.2 Å². The van der Waals surface area contributed by atoms with Gasteiger partial charge in [-0.2, -0.15) is 0 Å². The van der Waals surface area contributed by atoms with E-state index in [2.05, 4.69) is 0 Å². The standard InChI is InChI=1S/C22H18O5/c23-16-11-9-15(10-12-16)22-21(25)20(24)19-17(7-4-8-18(19)27-22)26-13-14-5-2-1-3-6-14/h1-12,21-23,25H,13H2/t21-,22+/m0/s1. The molecule has 5 heteroatoms. The Hall–Kier alpha value is -3.31. The maximum Gasteiger partial charge on any atom is 0.202 e. The largest absolute Gasteiger partial charge is 0.508 e. The van der Waals surface area contributed by atoms with E-state index < -0.39 is 18.0 Å². The van der Waals surface area contributed by atoms with Crippen LogP contribution in [0.1, 0.15) is 27.6 Å². The van der Waals surface area contributed by atoms with Gasteiger partial charge in [-0.05, 0) is 35.4 Å². The molecule has 27 heavy (non-hydrogen) atoms. The zero-order chi connectivity index (χ0) is 18.8. The summed E-state index contributed by atoms with van der Waals surface area (Å²) in [6, 6.07) is 21.0. The van der Waals surface area contributed by atoms with E-state index in [0.717, 1.165) is 5.56 Å². The Balaban J connectivity index is 1.62. The molecule has 1 aliphatic heterocycles. The van der Waals surface area contributed by atoms with Crippen molar-refractivity contribution in [2.45, 2.75) is 18.8 Å². The molecule has 3 aromatic carbocycles. The summed E-state index contributed by atoms with van der Waals surface area (Å²) in [6.07, 6.45) is -2.20. The maximum absolute atomic E-state index is 12.8. The molecule has 4 rings (SSSR count). The van der Waals surface area contributed by atoms with Gasteiger partial charge < -0.3 is 19.7 Å². The summed E-state index contributed by atoms with van der Waals surface area (Å²) in [6.45, 7) is 0.308. The summed E-state index contributed by atoms with van der Waals surface area (Å²) in [4.78, 5) is 12.8. The second-order valence-corrected chi connectivity index (χ2v) is 6.34.